The molecule has 0 radical (unpaired) electrons. The third kappa shape index (κ3) is 4.62. The lowest BCUT2D eigenvalue weighted by molar-refractivity contribution is 0.0951. The topological polar surface area (TPSA) is 84.2 Å². The third-order valence-corrected chi connectivity index (χ3v) is 4.61. The SMILES string of the molecule is Cc1cc(NC(=O)c2cccc(F)c2)sc1C(=O)NCC(C)CN. The van der Waals surface area contributed by atoms with Crippen molar-refractivity contribution >= 4 is 28.2 Å². The molecule has 0 saturated carbocycles. The van der Waals surface area contributed by atoms with E-state index in [1.807, 2.05) is 6.92 Å². The molecule has 2 amide bonds. The molecule has 128 valence electrons. The molecule has 4 N–H and O–H groups in total. The van der Waals surface area contributed by atoms with E-state index in [9.17, 15) is 14.0 Å². The molecule has 0 fully saturated rings. The fourth-order valence-electron chi connectivity index (χ4n) is 2.01. The van der Waals surface area contributed by atoms with E-state index in [-0.39, 0.29) is 17.4 Å². The number of anilines is 1. The summed E-state index contributed by atoms with van der Waals surface area (Å²) < 4.78 is 13.2. The Morgan fingerprint density at radius 1 is 1.29 bits per heavy atom. The van der Waals surface area contributed by atoms with Gasteiger partial charge in [0.15, 0.2) is 0 Å². The van der Waals surface area contributed by atoms with Crippen LogP contribution in [0.25, 0.3) is 0 Å². The molecule has 5 nitrogen and oxygen atoms in total. The lowest BCUT2D eigenvalue weighted by Gasteiger charge is -2.09. The number of nitrogens with one attached hydrogen (secondary N) is 2. The minimum Gasteiger partial charge on any atom is -0.351 e. The Balaban J connectivity index is 2.05. The first-order valence-electron chi connectivity index (χ1n) is 7.56. The summed E-state index contributed by atoms with van der Waals surface area (Å²) in [4.78, 5) is 24.9. The van der Waals surface area contributed by atoms with Crippen LogP contribution in [0.4, 0.5) is 9.39 Å². The van der Waals surface area contributed by atoms with Crippen LogP contribution >= 0.6 is 11.3 Å². The summed E-state index contributed by atoms with van der Waals surface area (Å²) in [6.45, 7) is 4.75. The molecule has 0 aliphatic carbocycles. The zero-order chi connectivity index (χ0) is 17.7. The van der Waals surface area contributed by atoms with Gasteiger partial charge in [-0.1, -0.05) is 13.0 Å². The molecule has 1 atom stereocenters. The van der Waals surface area contributed by atoms with Crippen molar-refractivity contribution in [2.24, 2.45) is 11.7 Å². The van der Waals surface area contributed by atoms with Crippen LogP contribution in [0.15, 0.2) is 30.3 Å². The van der Waals surface area contributed by atoms with Gasteiger partial charge in [-0.2, -0.15) is 0 Å². The van der Waals surface area contributed by atoms with Crippen molar-refractivity contribution in [1.29, 1.82) is 0 Å². The molecular weight excluding hydrogens is 329 g/mol. The van der Waals surface area contributed by atoms with Crippen molar-refractivity contribution in [2.75, 3.05) is 18.4 Å². The molecule has 1 aromatic carbocycles. The lowest BCUT2D eigenvalue weighted by atomic mass is 10.2. The van der Waals surface area contributed by atoms with E-state index < -0.39 is 11.7 Å². The highest BCUT2D eigenvalue weighted by molar-refractivity contribution is 7.18. The van der Waals surface area contributed by atoms with Gasteiger partial charge in [0.2, 0.25) is 0 Å². The molecule has 1 aromatic heterocycles. The quantitative estimate of drug-likeness (QED) is 0.750. The zero-order valence-electron chi connectivity index (χ0n) is 13.6. The maximum absolute atomic E-state index is 13.2. The minimum atomic E-state index is -0.473. The number of thiophene rings is 1. The minimum absolute atomic E-state index is 0.191. The molecular formula is C17H20FN3O2S. The summed E-state index contributed by atoms with van der Waals surface area (Å²) in [7, 11) is 0. The summed E-state index contributed by atoms with van der Waals surface area (Å²) in [6, 6.07) is 7.17. The van der Waals surface area contributed by atoms with Crippen LogP contribution in [-0.2, 0) is 0 Å². The van der Waals surface area contributed by atoms with E-state index in [4.69, 9.17) is 5.73 Å². The smallest absolute Gasteiger partial charge is 0.261 e. The predicted molar refractivity (Wildman–Crippen MR) is 94.0 cm³/mol. The lowest BCUT2D eigenvalue weighted by Crippen LogP contribution is -2.31. The summed E-state index contributed by atoms with van der Waals surface area (Å²) in [5.74, 6) is -0.885. The molecule has 7 heteroatoms. The van der Waals surface area contributed by atoms with E-state index >= 15 is 0 Å². The number of rotatable bonds is 6. The van der Waals surface area contributed by atoms with Crippen molar-refractivity contribution in [3.8, 4) is 0 Å². The molecule has 24 heavy (non-hydrogen) atoms. The van der Waals surface area contributed by atoms with E-state index in [0.29, 0.717) is 23.0 Å². The Hall–Kier alpha value is -2.25. The van der Waals surface area contributed by atoms with Gasteiger partial charge < -0.3 is 16.4 Å². The van der Waals surface area contributed by atoms with Crippen molar-refractivity contribution in [3.63, 3.8) is 0 Å². The molecule has 0 aliphatic rings. The first-order chi connectivity index (χ1) is 11.4. The first-order valence-corrected chi connectivity index (χ1v) is 8.38. The van der Waals surface area contributed by atoms with E-state index in [1.54, 1.807) is 13.0 Å². The number of carbonyl (C=O) groups excluding carboxylic acids is 2. The monoisotopic (exact) mass is 349 g/mol. The Morgan fingerprint density at radius 2 is 2.04 bits per heavy atom. The average molecular weight is 349 g/mol. The van der Waals surface area contributed by atoms with Crippen molar-refractivity contribution in [1.82, 2.24) is 5.32 Å². The normalized spacial score (nSPS) is 11.8. The van der Waals surface area contributed by atoms with Crippen LogP contribution in [0.2, 0.25) is 0 Å². The van der Waals surface area contributed by atoms with Crippen LogP contribution in [0.5, 0.6) is 0 Å². The van der Waals surface area contributed by atoms with Crippen LogP contribution < -0.4 is 16.4 Å². The number of amides is 2. The van der Waals surface area contributed by atoms with Crippen LogP contribution in [0, 0.1) is 18.7 Å². The largest absolute Gasteiger partial charge is 0.351 e. The Bertz CT molecular complexity index is 745. The molecule has 1 heterocycles. The fourth-order valence-corrected chi connectivity index (χ4v) is 3.00. The molecule has 2 rings (SSSR count). The van der Waals surface area contributed by atoms with Crippen LogP contribution in [-0.4, -0.2) is 24.9 Å². The van der Waals surface area contributed by atoms with Crippen molar-refractivity contribution < 1.29 is 14.0 Å². The Kier molecular flexibility index (Phi) is 6.05. The van der Waals surface area contributed by atoms with Gasteiger partial charge in [-0.25, -0.2) is 4.39 Å². The summed E-state index contributed by atoms with van der Waals surface area (Å²) in [5, 5.41) is 6.06. The maximum atomic E-state index is 13.2. The van der Waals surface area contributed by atoms with E-state index in [2.05, 4.69) is 10.6 Å². The van der Waals surface area contributed by atoms with Crippen molar-refractivity contribution in [3.05, 3.63) is 52.2 Å². The van der Waals surface area contributed by atoms with Gasteiger partial charge in [-0.3, -0.25) is 9.59 Å². The highest BCUT2D eigenvalue weighted by Crippen LogP contribution is 2.27. The number of aryl methyl sites for hydroxylation is 1. The number of hydrogen-bond donors (Lipinski definition) is 3. The summed E-state index contributed by atoms with van der Waals surface area (Å²) >= 11 is 1.19. The van der Waals surface area contributed by atoms with Gasteiger partial charge >= 0.3 is 0 Å². The van der Waals surface area contributed by atoms with Crippen LogP contribution in [0.1, 0.15) is 32.5 Å². The average Bonchev–Trinajstić information content (AvgIpc) is 2.92. The molecule has 0 aliphatic heterocycles. The second-order valence-electron chi connectivity index (χ2n) is 5.64. The molecule has 2 aromatic rings. The third-order valence-electron chi connectivity index (χ3n) is 3.46. The number of hydrogen-bond acceptors (Lipinski definition) is 4. The number of benzene rings is 1. The van der Waals surface area contributed by atoms with E-state index in [0.717, 1.165) is 11.6 Å². The first kappa shape index (κ1) is 18.1. The molecule has 0 bridgehead atoms. The number of nitrogens with two attached hydrogens (primary N) is 1. The molecule has 0 spiro atoms. The van der Waals surface area contributed by atoms with E-state index in [1.165, 1.54) is 29.5 Å². The summed E-state index contributed by atoms with van der Waals surface area (Å²) in [6.07, 6.45) is 0. The van der Waals surface area contributed by atoms with Gasteiger partial charge in [0.1, 0.15) is 5.82 Å². The van der Waals surface area contributed by atoms with Gasteiger partial charge in [0.05, 0.1) is 9.88 Å². The van der Waals surface area contributed by atoms with Gasteiger partial charge in [0, 0.05) is 12.1 Å². The van der Waals surface area contributed by atoms with Crippen LogP contribution in [0.3, 0.4) is 0 Å². The highest BCUT2D eigenvalue weighted by Gasteiger charge is 2.16. The second kappa shape index (κ2) is 8.03. The maximum Gasteiger partial charge on any atom is 0.261 e. The standard InChI is InChI=1S/C17H20FN3O2S/c1-10(8-19)9-20-17(23)15-11(2)6-14(24-15)21-16(22)12-4-3-5-13(18)7-12/h3-7,10H,8-9,19H2,1-2H3,(H,20,23)(H,21,22). The zero-order valence-corrected chi connectivity index (χ0v) is 14.4. The van der Waals surface area contributed by atoms with Gasteiger partial charge in [0.25, 0.3) is 11.8 Å². The second-order valence-corrected chi connectivity index (χ2v) is 6.69. The Labute approximate surface area is 144 Å². The number of halogens is 1. The predicted octanol–water partition coefficient (Wildman–Crippen LogP) is 2.77. The molecule has 1 unspecified atom stereocenters. The Morgan fingerprint density at radius 3 is 2.71 bits per heavy atom. The fraction of sp³-hybridized carbons (Fsp3) is 0.294. The summed E-state index contributed by atoms with van der Waals surface area (Å²) in [5.41, 5.74) is 6.53. The van der Waals surface area contributed by atoms with Gasteiger partial charge in [-0.05, 0) is 49.2 Å². The highest BCUT2D eigenvalue weighted by atomic mass is 32.1. The van der Waals surface area contributed by atoms with Crippen molar-refractivity contribution in [2.45, 2.75) is 13.8 Å². The van der Waals surface area contributed by atoms with Gasteiger partial charge in [-0.15, -0.1) is 11.3 Å². The molecule has 0 saturated heterocycles. The number of carbonyl (C=O) groups is 2.